The first-order chi connectivity index (χ1) is 7.25. The minimum absolute atomic E-state index is 0.409. The highest BCUT2D eigenvalue weighted by molar-refractivity contribution is 7.98. The van der Waals surface area contributed by atoms with Crippen molar-refractivity contribution in [3.8, 4) is 0 Å². The highest BCUT2D eigenvalue weighted by atomic mass is 35.5. The van der Waals surface area contributed by atoms with Crippen LogP contribution in [-0.2, 0) is 5.75 Å². The maximum Gasteiger partial charge on any atom is 0.165 e. The molecule has 0 aliphatic carbocycles. The van der Waals surface area contributed by atoms with Gasteiger partial charge in [-0.3, -0.25) is 0 Å². The topological polar surface area (TPSA) is 41.6 Å². The number of nitrogens with zero attached hydrogens (tertiary/aromatic N) is 2. The second kappa shape index (κ2) is 4.88. The van der Waals surface area contributed by atoms with E-state index in [-0.39, 0.29) is 0 Å². The number of halogens is 2. The third kappa shape index (κ3) is 2.87. The highest BCUT2D eigenvalue weighted by Crippen LogP contribution is 2.25. The monoisotopic (exact) mass is 259 g/mol. The van der Waals surface area contributed by atoms with E-state index < -0.39 is 0 Å². The van der Waals surface area contributed by atoms with Crippen molar-refractivity contribution in [2.24, 2.45) is 0 Å². The first-order valence-electron chi connectivity index (χ1n) is 4.18. The SMILES string of the molecule is Clc1cc(Cl)c(CSc2ncc[nH]2)cn1. The third-order valence-corrected chi connectivity index (χ3v) is 3.24. The molecule has 2 heterocycles. The molecule has 3 nitrogen and oxygen atoms in total. The predicted octanol–water partition coefficient (Wildman–Crippen LogP) is 3.40. The lowest BCUT2D eigenvalue weighted by Gasteiger charge is -2.01. The number of aromatic amines is 1. The van der Waals surface area contributed by atoms with Crippen LogP contribution >= 0.6 is 35.0 Å². The Hall–Kier alpha value is -0.710. The van der Waals surface area contributed by atoms with Crippen LogP contribution in [0.5, 0.6) is 0 Å². The van der Waals surface area contributed by atoms with E-state index in [2.05, 4.69) is 15.0 Å². The van der Waals surface area contributed by atoms with Gasteiger partial charge in [0.25, 0.3) is 0 Å². The standard InChI is InChI=1S/C9H7Cl2N3S/c10-7-3-8(11)14-4-6(7)5-15-9-12-1-2-13-9/h1-4H,5H2,(H,12,13). The maximum absolute atomic E-state index is 6.00. The van der Waals surface area contributed by atoms with Gasteiger partial charge in [-0.15, -0.1) is 0 Å². The average molecular weight is 260 g/mol. The summed E-state index contributed by atoms with van der Waals surface area (Å²) in [5.74, 6) is 0.719. The van der Waals surface area contributed by atoms with Crippen molar-refractivity contribution in [1.82, 2.24) is 15.0 Å². The van der Waals surface area contributed by atoms with E-state index in [0.29, 0.717) is 10.2 Å². The predicted molar refractivity (Wildman–Crippen MR) is 62.4 cm³/mol. The highest BCUT2D eigenvalue weighted by Gasteiger charge is 2.04. The summed E-state index contributed by atoms with van der Waals surface area (Å²) < 4.78 is 0. The molecular weight excluding hydrogens is 253 g/mol. The van der Waals surface area contributed by atoms with Crippen molar-refractivity contribution in [1.29, 1.82) is 0 Å². The van der Waals surface area contributed by atoms with E-state index in [1.807, 2.05) is 0 Å². The molecule has 0 radical (unpaired) electrons. The van der Waals surface area contributed by atoms with Gasteiger partial charge in [0.05, 0.1) is 0 Å². The Labute approximate surface area is 101 Å². The Balaban J connectivity index is 2.05. The van der Waals surface area contributed by atoms with Gasteiger partial charge < -0.3 is 4.98 Å². The lowest BCUT2D eigenvalue weighted by molar-refractivity contribution is 1.06. The van der Waals surface area contributed by atoms with E-state index in [0.717, 1.165) is 16.5 Å². The summed E-state index contributed by atoms with van der Waals surface area (Å²) in [7, 11) is 0. The molecule has 0 bridgehead atoms. The molecule has 0 fully saturated rings. The molecule has 6 heteroatoms. The van der Waals surface area contributed by atoms with E-state index in [1.54, 1.807) is 36.4 Å². The van der Waals surface area contributed by atoms with Gasteiger partial charge in [0.2, 0.25) is 0 Å². The number of hydrogen-bond donors (Lipinski definition) is 1. The van der Waals surface area contributed by atoms with Gasteiger partial charge in [0, 0.05) is 29.4 Å². The summed E-state index contributed by atoms with van der Waals surface area (Å²) in [6, 6.07) is 1.64. The number of nitrogens with one attached hydrogen (secondary N) is 1. The van der Waals surface area contributed by atoms with Crippen molar-refractivity contribution in [3.63, 3.8) is 0 Å². The van der Waals surface area contributed by atoms with Crippen LogP contribution in [0.3, 0.4) is 0 Å². The number of hydrogen-bond acceptors (Lipinski definition) is 3. The van der Waals surface area contributed by atoms with Crippen LogP contribution in [-0.4, -0.2) is 15.0 Å². The third-order valence-electron chi connectivity index (χ3n) is 1.73. The van der Waals surface area contributed by atoms with Gasteiger partial charge in [-0.05, 0) is 11.6 Å². The van der Waals surface area contributed by atoms with Crippen LogP contribution in [0.25, 0.3) is 0 Å². The molecule has 1 N–H and O–H groups in total. The Kier molecular flexibility index (Phi) is 3.51. The van der Waals surface area contributed by atoms with Gasteiger partial charge in [0.15, 0.2) is 5.16 Å². The summed E-state index contributed by atoms with van der Waals surface area (Å²) >= 11 is 13.3. The molecule has 2 aromatic rings. The zero-order valence-corrected chi connectivity index (χ0v) is 9.90. The van der Waals surface area contributed by atoms with Crippen LogP contribution in [0.15, 0.2) is 29.8 Å². The molecule has 15 heavy (non-hydrogen) atoms. The Morgan fingerprint density at radius 1 is 1.33 bits per heavy atom. The largest absolute Gasteiger partial charge is 0.340 e. The molecule has 2 rings (SSSR count). The second-order valence-electron chi connectivity index (χ2n) is 2.78. The quantitative estimate of drug-likeness (QED) is 0.679. The van der Waals surface area contributed by atoms with E-state index in [1.165, 1.54) is 0 Å². The number of pyridine rings is 1. The number of rotatable bonds is 3. The van der Waals surface area contributed by atoms with Crippen LogP contribution in [0.1, 0.15) is 5.56 Å². The molecule has 0 saturated heterocycles. The molecule has 78 valence electrons. The Bertz CT molecular complexity index is 445. The van der Waals surface area contributed by atoms with Gasteiger partial charge in [-0.1, -0.05) is 35.0 Å². The zero-order chi connectivity index (χ0) is 10.7. The first kappa shape index (κ1) is 10.8. The minimum atomic E-state index is 0.409. The fourth-order valence-corrected chi connectivity index (χ4v) is 2.34. The zero-order valence-electron chi connectivity index (χ0n) is 7.58. The normalized spacial score (nSPS) is 10.5. The first-order valence-corrected chi connectivity index (χ1v) is 5.92. The van der Waals surface area contributed by atoms with E-state index in [9.17, 15) is 0 Å². The van der Waals surface area contributed by atoms with Crippen LogP contribution in [0.2, 0.25) is 10.2 Å². The minimum Gasteiger partial charge on any atom is -0.340 e. The van der Waals surface area contributed by atoms with Crippen molar-refractivity contribution in [3.05, 3.63) is 40.4 Å². The van der Waals surface area contributed by atoms with Crippen molar-refractivity contribution < 1.29 is 0 Å². The van der Waals surface area contributed by atoms with Crippen molar-refractivity contribution in [2.75, 3.05) is 0 Å². The summed E-state index contributed by atoms with van der Waals surface area (Å²) in [4.78, 5) is 11.1. The number of imidazole rings is 1. The molecule has 0 aromatic carbocycles. The number of H-pyrrole nitrogens is 1. The fraction of sp³-hybridized carbons (Fsp3) is 0.111. The van der Waals surface area contributed by atoms with E-state index in [4.69, 9.17) is 23.2 Å². The lowest BCUT2D eigenvalue weighted by atomic mass is 10.3. The van der Waals surface area contributed by atoms with Crippen molar-refractivity contribution in [2.45, 2.75) is 10.9 Å². The smallest absolute Gasteiger partial charge is 0.165 e. The van der Waals surface area contributed by atoms with E-state index >= 15 is 0 Å². The molecule has 0 aliphatic heterocycles. The number of thioether (sulfide) groups is 1. The fourth-order valence-electron chi connectivity index (χ4n) is 1.02. The molecular formula is C9H7Cl2N3S. The van der Waals surface area contributed by atoms with Gasteiger partial charge in [-0.2, -0.15) is 0 Å². The summed E-state index contributed by atoms with van der Waals surface area (Å²) in [6.07, 6.45) is 5.18. The molecule has 0 spiro atoms. The molecule has 0 unspecified atom stereocenters. The maximum atomic E-state index is 6.00. The van der Waals surface area contributed by atoms with Crippen LogP contribution in [0, 0.1) is 0 Å². The molecule has 0 amide bonds. The van der Waals surface area contributed by atoms with Crippen LogP contribution < -0.4 is 0 Å². The summed E-state index contributed by atoms with van der Waals surface area (Å²) in [5, 5.41) is 1.90. The van der Waals surface area contributed by atoms with Crippen LogP contribution in [0.4, 0.5) is 0 Å². The Morgan fingerprint density at radius 3 is 2.87 bits per heavy atom. The molecule has 0 saturated carbocycles. The average Bonchev–Trinajstić information content (AvgIpc) is 2.69. The molecule has 2 aromatic heterocycles. The number of aromatic nitrogens is 3. The Morgan fingerprint density at radius 2 is 2.20 bits per heavy atom. The summed E-state index contributed by atoms with van der Waals surface area (Å²) in [6.45, 7) is 0. The van der Waals surface area contributed by atoms with Gasteiger partial charge in [0.1, 0.15) is 5.15 Å². The molecule has 0 atom stereocenters. The summed E-state index contributed by atoms with van der Waals surface area (Å²) in [5.41, 5.74) is 0.947. The van der Waals surface area contributed by atoms with Gasteiger partial charge in [-0.25, -0.2) is 9.97 Å². The van der Waals surface area contributed by atoms with Crippen molar-refractivity contribution >= 4 is 35.0 Å². The second-order valence-corrected chi connectivity index (χ2v) is 4.54. The molecule has 0 aliphatic rings. The lowest BCUT2D eigenvalue weighted by Crippen LogP contribution is -1.86. The van der Waals surface area contributed by atoms with Gasteiger partial charge >= 0.3 is 0 Å².